The zero-order valence-corrected chi connectivity index (χ0v) is 21.6. The predicted molar refractivity (Wildman–Crippen MR) is 127 cm³/mol. The summed E-state index contributed by atoms with van der Waals surface area (Å²) in [6.45, 7) is 12.8. The SMILES string of the molecule is C=C(CC(=O)OC(CCOCC)C(=O)OCCCC)C(=O)OC(CCOCC)C(=O)OCCCC. The highest BCUT2D eigenvalue weighted by atomic mass is 16.6. The molecule has 0 aromatic heterocycles. The molecule has 0 saturated heterocycles. The summed E-state index contributed by atoms with van der Waals surface area (Å²) in [5.74, 6) is -3.15. The normalized spacial score (nSPS) is 12.3. The largest absolute Gasteiger partial charge is 0.463 e. The number of carbonyl (C=O) groups excluding carboxylic acids is 4. The number of unbranched alkanes of at least 4 members (excludes halogenated alkanes) is 2. The zero-order valence-electron chi connectivity index (χ0n) is 21.6. The van der Waals surface area contributed by atoms with Gasteiger partial charge in [0.05, 0.1) is 32.8 Å². The van der Waals surface area contributed by atoms with Crippen LogP contribution in [0.2, 0.25) is 0 Å². The third-order valence-corrected chi connectivity index (χ3v) is 4.64. The van der Waals surface area contributed by atoms with Crippen molar-refractivity contribution >= 4 is 23.9 Å². The fourth-order valence-electron chi connectivity index (χ4n) is 2.60. The smallest absolute Gasteiger partial charge is 0.347 e. The van der Waals surface area contributed by atoms with Crippen molar-refractivity contribution in [2.45, 2.75) is 84.8 Å². The van der Waals surface area contributed by atoms with Crippen LogP contribution in [0.1, 0.15) is 72.6 Å². The van der Waals surface area contributed by atoms with Crippen molar-refractivity contribution in [3.63, 3.8) is 0 Å². The van der Waals surface area contributed by atoms with Crippen molar-refractivity contribution < 1.29 is 47.6 Å². The summed E-state index contributed by atoms with van der Waals surface area (Å²) in [4.78, 5) is 49.5. The summed E-state index contributed by atoms with van der Waals surface area (Å²) < 4.78 is 31.2. The molecule has 0 bridgehead atoms. The molecule has 0 aliphatic rings. The van der Waals surface area contributed by atoms with Crippen LogP contribution in [0.4, 0.5) is 0 Å². The molecule has 35 heavy (non-hydrogen) atoms. The molecule has 0 aliphatic heterocycles. The van der Waals surface area contributed by atoms with Gasteiger partial charge in [-0.05, 0) is 26.7 Å². The van der Waals surface area contributed by atoms with Crippen molar-refractivity contribution in [2.24, 2.45) is 0 Å². The van der Waals surface area contributed by atoms with Gasteiger partial charge in [-0.25, -0.2) is 14.4 Å². The minimum Gasteiger partial charge on any atom is -0.463 e. The lowest BCUT2D eigenvalue weighted by Gasteiger charge is -2.19. The highest BCUT2D eigenvalue weighted by Gasteiger charge is 2.28. The van der Waals surface area contributed by atoms with Crippen LogP contribution in [0.15, 0.2) is 12.2 Å². The summed E-state index contributed by atoms with van der Waals surface area (Å²) in [6, 6.07) is 0. The third-order valence-electron chi connectivity index (χ3n) is 4.64. The fourth-order valence-corrected chi connectivity index (χ4v) is 2.60. The van der Waals surface area contributed by atoms with E-state index in [1.54, 1.807) is 13.8 Å². The van der Waals surface area contributed by atoms with Crippen LogP contribution < -0.4 is 0 Å². The molecule has 0 rings (SSSR count). The Morgan fingerprint density at radius 3 is 1.57 bits per heavy atom. The number of carbonyl (C=O) groups is 4. The summed E-state index contributed by atoms with van der Waals surface area (Å²) in [5, 5.41) is 0. The number of hydrogen-bond acceptors (Lipinski definition) is 10. The van der Waals surface area contributed by atoms with E-state index in [-0.39, 0.29) is 44.8 Å². The number of esters is 4. The molecule has 0 fully saturated rings. The standard InChI is InChI=1S/C25H42O10/c1-6-10-14-32-24(28)20(12-16-30-8-3)34-22(26)18-19(5)23(27)35-21(13-17-31-9-4)25(29)33-15-11-7-2/h20-21H,5-18H2,1-4H3. The van der Waals surface area contributed by atoms with E-state index in [1.807, 2.05) is 13.8 Å². The topological polar surface area (TPSA) is 124 Å². The van der Waals surface area contributed by atoms with Gasteiger partial charge in [0, 0.05) is 31.6 Å². The lowest BCUT2D eigenvalue weighted by atomic mass is 10.2. The van der Waals surface area contributed by atoms with Crippen LogP contribution in [0.25, 0.3) is 0 Å². The van der Waals surface area contributed by atoms with Gasteiger partial charge in [0.2, 0.25) is 12.2 Å². The van der Waals surface area contributed by atoms with E-state index in [1.165, 1.54) is 0 Å². The monoisotopic (exact) mass is 502 g/mol. The molecule has 0 aromatic rings. The molecule has 202 valence electrons. The molecule has 0 spiro atoms. The maximum Gasteiger partial charge on any atom is 0.347 e. The summed E-state index contributed by atoms with van der Waals surface area (Å²) >= 11 is 0. The van der Waals surface area contributed by atoms with Gasteiger partial charge in [-0.15, -0.1) is 0 Å². The molecule has 0 N–H and O–H groups in total. The van der Waals surface area contributed by atoms with Crippen LogP contribution in [0.5, 0.6) is 0 Å². The van der Waals surface area contributed by atoms with Crippen molar-refractivity contribution in [1.82, 2.24) is 0 Å². The van der Waals surface area contributed by atoms with Crippen molar-refractivity contribution in [3.8, 4) is 0 Å². The van der Waals surface area contributed by atoms with Gasteiger partial charge in [-0.2, -0.15) is 0 Å². The first-order valence-corrected chi connectivity index (χ1v) is 12.4. The van der Waals surface area contributed by atoms with Gasteiger partial charge in [-0.3, -0.25) is 4.79 Å². The van der Waals surface area contributed by atoms with E-state index in [2.05, 4.69) is 6.58 Å². The predicted octanol–water partition coefficient (Wildman–Crippen LogP) is 3.30. The second-order valence-corrected chi connectivity index (χ2v) is 7.67. The second-order valence-electron chi connectivity index (χ2n) is 7.67. The van der Waals surface area contributed by atoms with Gasteiger partial charge in [0.25, 0.3) is 0 Å². The fraction of sp³-hybridized carbons (Fsp3) is 0.760. The minimum absolute atomic E-state index is 0.103. The molecule has 0 aromatic carbocycles. The second kappa shape index (κ2) is 20.9. The van der Waals surface area contributed by atoms with Crippen molar-refractivity contribution in [3.05, 3.63) is 12.2 Å². The first-order chi connectivity index (χ1) is 16.8. The summed E-state index contributed by atoms with van der Waals surface area (Å²) in [7, 11) is 0. The molecule has 0 aliphatic carbocycles. The van der Waals surface area contributed by atoms with Crippen LogP contribution >= 0.6 is 0 Å². The molecule has 10 nitrogen and oxygen atoms in total. The van der Waals surface area contributed by atoms with E-state index < -0.39 is 42.5 Å². The molecule has 2 unspecified atom stereocenters. The van der Waals surface area contributed by atoms with Gasteiger partial charge in [0.15, 0.2) is 0 Å². The van der Waals surface area contributed by atoms with Crippen molar-refractivity contribution in [2.75, 3.05) is 39.6 Å². The Bertz CT molecular complexity index is 646. The van der Waals surface area contributed by atoms with E-state index in [4.69, 9.17) is 28.4 Å². The van der Waals surface area contributed by atoms with Crippen LogP contribution in [-0.4, -0.2) is 75.7 Å². The Morgan fingerprint density at radius 1 is 0.686 bits per heavy atom. The Balaban J connectivity index is 4.95. The summed E-state index contributed by atoms with van der Waals surface area (Å²) in [6.07, 6.45) is 0.399. The molecule has 0 saturated carbocycles. The molecule has 0 heterocycles. The Hall–Kier alpha value is -2.46. The Kier molecular flexibility index (Phi) is 19.4. The van der Waals surface area contributed by atoms with E-state index >= 15 is 0 Å². The first kappa shape index (κ1) is 32.5. The van der Waals surface area contributed by atoms with Gasteiger partial charge >= 0.3 is 23.9 Å². The molecular formula is C25H42O10. The van der Waals surface area contributed by atoms with Crippen LogP contribution in [0, 0.1) is 0 Å². The van der Waals surface area contributed by atoms with Gasteiger partial charge in [-0.1, -0.05) is 33.3 Å². The minimum atomic E-state index is -1.19. The lowest BCUT2D eigenvalue weighted by Crippen LogP contribution is -2.33. The maximum absolute atomic E-state index is 12.5. The first-order valence-electron chi connectivity index (χ1n) is 12.4. The highest BCUT2D eigenvalue weighted by Crippen LogP contribution is 2.12. The summed E-state index contributed by atoms with van der Waals surface area (Å²) in [5.41, 5.74) is -0.222. The average molecular weight is 503 g/mol. The zero-order chi connectivity index (χ0) is 26.5. The van der Waals surface area contributed by atoms with E-state index in [9.17, 15) is 19.2 Å². The Morgan fingerprint density at radius 2 is 1.14 bits per heavy atom. The van der Waals surface area contributed by atoms with Gasteiger partial charge < -0.3 is 28.4 Å². The van der Waals surface area contributed by atoms with Gasteiger partial charge in [0.1, 0.15) is 0 Å². The Labute approximate surface area is 208 Å². The molecule has 0 amide bonds. The maximum atomic E-state index is 12.5. The quantitative estimate of drug-likeness (QED) is 0.0999. The lowest BCUT2D eigenvalue weighted by molar-refractivity contribution is -0.170. The molecule has 0 radical (unpaired) electrons. The highest BCUT2D eigenvalue weighted by molar-refractivity contribution is 5.95. The third kappa shape index (κ3) is 15.9. The average Bonchev–Trinajstić information content (AvgIpc) is 2.82. The van der Waals surface area contributed by atoms with Crippen LogP contribution in [-0.2, 0) is 47.6 Å². The number of hydrogen-bond donors (Lipinski definition) is 0. The van der Waals surface area contributed by atoms with E-state index in [0.717, 1.165) is 12.8 Å². The van der Waals surface area contributed by atoms with E-state index in [0.29, 0.717) is 26.1 Å². The molecular weight excluding hydrogens is 460 g/mol. The van der Waals surface area contributed by atoms with Crippen molar-refractivity contribution in [1.29, 1.82) is 0 Å². The number of rotatable bonds is 21. The molecule has 2 atom stereocenters. The molecule has 10 heteroatoms. The van der Waals surface area contributed by atoms with Crippen LogP contribution in [0.3, 0.4) is 0 Å². The number of ether oxygens (including phenoxy) is 6.